The predicted molar refractivity (Wildman–Crippen MR) is 88.7 cm³/mol. The molecule has 0 aliphatic rings. The molecule has 1 aromatic heterocycles. The van der Waals surface area contributed by atoms with Crippen molar-refractivity contribution < 1.29 is 0 Å². The van der Waals surface area contributed by atoms with Gasteiger partial charge in [-0.15, -0.1) is 0 Å². The van der Waals surface area contributed by atoms with Crippen molar-refractivity contribution in [2.24, 2.45) is 0 Å². The lowest BCUT2D eigenvalue weighted by molar-refractivity contribution is 0.695. The van der Waals surface area contributed by atoms with E-state index >= 15 is 0 Å². The molecular weight excluding hydrogens is 260 g/mol. The highest BCUT2D eigenvalue weighted by atomic mass is 15.2. The van der Waals surface area contributed by atoms with Crippen LogP contribution in [0.25, 0.3) is 0 Å². The maximum absolute atomic E-state index is 4.56. The molecule has 0 aliphatic carbocycles. The second kappa shape index (κ2) is 7.62. The molecule has 0 aliphatic heterocycles. The number of aryl methyl sites for hydroxylation is 1. The van der Waals surface area contributed by atoms with E-state index in [9.17, 15) is 0 Å². The summed E-state index contributed by atoms with van der Waals surface area (Å²) in [6.07, 6.45) is 2.35. The fourth-order valence-corrected chi connectivity index (χ4v) is 2.29. The Morgan fingerprint density at radius 2 is 1.90 bits per heavy atom. The lowest BCUT2D eigenvalue weighted by Gasteiger charge is -2.24. The summed E-state index contributed by atoms with van der Waals surface area (Å²) in [6.45, 7) is 5.98. The van der Waals surface area contributed by atoms with Gasteiger partial charge in [-0.1, -0.05) is 31.5 Å². The van der Waals surface area contributed by atoms with Crippen molar-refractivity contribution in [1.82, 2.24) is 9.97 Å². The predicted octanol–water partition coefficient (Wildman–Crippen LogP) is 3.63. The number of anilines is 2. The monoisotopic (exact) mass is 284 g/mol. The molecule has 21 heavy (non-hydrogen) atoms. The minimum atomic E-state index is 0.736. The van der Waals surface area contributed by atoms with Crippen molar-refractivity contribution in [3.05, 3.63) is 47.9 Å². The second-order valence-corrected chi connectivity index (χ2v) is 5.17. The molecule has 0 amide bonds. The standard InChI is InChI=1S/C17H24N4/c1-4-5-11-21(15-9-7-6-8-10-15)13-17-19-14(2)12-16(18-3)20-17/h6-10,12H,4-5,11,13H2,1-3H3,(H,18,19,20). The Bertz CT molecular complexity index is 554. The molecule has 112 valence electrons. The van der Waals surface area contributed by atoms with Gasteiger partial charge in [0.15, 0.2) is 0 Å². The van der Waals surface area contributed by atoms with E-state index in [4.69, 9.17) is 0 Å². The van der Waals surface area contributed by atoms with Gasteiger partial charge in [0.2, 0.25) is 0 Å². The average molecular weight is 284 g/mol. The van der Waals surface area contributed by atoms with Gasteiger partial charge in [0, 0.05) is 31.0 Å². The van der Waals surface area contributed by atoms with Gasteiger partial charge in [0.1, 0.15) is 11.6 Å². The molecule has 4 nitrogen and oxygen atoms in total. The normalized spacial score (nSPS) is 10.4. The first kappa shape index (κ1) is 15.3. The van der Waals surface area contributed by atoms with Gasteiger partial charge in [-0.25, -0.2) is 9.97 Å². The van der Waals surface area contributed by atoms with E-state index in [1.165, 1.54) is 18.5 Å². The quantitative estimate of drug-likeness (QED) is 0.843. The SMILES string of the molecule is CCCCN(Cc1nc(C)cc(NC)n1)c1ccccc1. The Morgan fingerprint density at radius 1 is 1.14 bits per heavy atom. The first-order valence-electron chi connectivity index (χ1n) is 7.55. The molecule has 0 atom stereocenters. The summed E-state index contributed by atoms with van der Waals surface area (Å²) in [4.78, 5) is 11.5. The molecule has 0 unspecified atom stereocenters. The Morgan fingerprint density at radius 3 is 2.57 bits per heavy atom. The van der Waals surface area contributed by atoms with Crippen molar-refractivity contribution in [2.45, 2.75) is 33.2 Å². The fourth-order valence-electron chi connectivity index (χ4n) is 2.29. The molecule has 0 bridgehead atoms. The molecule has 0 fully saturated rings. The van der Waals surface area contributed by atoms with Crippen LogP contribution in [0.3, 0.4) is 0 Å². The van der Waals surface area contributed by atoms with Gasteiger partial charge < -0.3 is 10.2 Å². The third-order valence-electron chi connectivity index (χ3n) is 3.39. The highest BCUT2D eigenvalue weighted by Crippen LogP contribution is 2.17. The Hall–Kier alpha value is -2.10. The summed E-state index contributed by atoms with van der Waals surface area (Å²) in [5.74, 6) is 1.74. The lowest BCUT2D eigenvalue weighted by atomic mass is 10.2. The molecule has 1 N–H and O–H groups in total. The van der Waals surface area contributed by atoms with Gasteiger partial charge in [-0.3, -0.25) is 0 Å². The van der Waals surface area contributed by atoms with Crippen molar-refractivity contribution in [1.29, 1.82) is 0 Å². The van der Waals surface area contributed by atoms with E-state index in [-0.39, 0.29) is 0 Å². The smallest absolute Gasteiger partial charge is 0.150 e. The van der Waals surface area contributed by atoms with E-state index in [1.54, 1.807) is 0 Å². The summed E-state index contributed by atoms with van der Waals surface area (Å²) >= 11 is 0. The third-order valence-corrected chi connectivity index (χ3v) is 3.39. The minimum Gasteiger partial charge on any atom is -0.373 e. The topological polar surface area (TPSA) is 41.1 Å². The molecule has 0 spiro atoms. The number of benzene rings is 1. The summed E-state index contributed by atoms with van der Waals surface area (Å²) < 4.78 is 0. The van der Waals surface area contributed by atoms with Gasteiger partial charge in [-0.05, 0) is 25.5 Å². The molecule has 4 heteroatoms. The zero-order chi connectivity index (χ0) is 15.1. The van der Waals surface area contributed by atoms with Crippen LogP contribution in [0.15, 0.2) is 36.4 Å². The van der Waals surface area contributed by atoms with Crippen LogP contribution in [0.2, 0.25) is 0 Å². The van der Waals surface area contributed by atoms with Crippen molar-refractivity contribution >= 4 is 11.5 Å². The highest BCUT2D eigenvalue weighted by Gasteiger charge is 2.10. The largest absolute Gasteiger partial charge is 0.373 e. The molecule has 0 saturated heterocycles. The van der Waals surface area contributed by atoms with Gasteiger partial charge in [0.05, 0.1) is 6.54 Å². The van der Waals surface area contributed by atoms with E-state index in [0.717, 1.165) is 30.4 Å². The number of rotatable bonds is 7. The summed E-state index contributed by atoms with van der Waals surface area (Å²) in [7, 11) is 1.89. The molecule has 2 aromatic rings. The average Bonchev–Trinajstić information content (AvgIpc) is 2.51. The van der Waals surface area contributed by atoms with Crippen molar-refractivity contribution in [3.8, 4) is 0 Å². The fraction of sp³-hybridized carbons (Fsp3) is 0.412. The van der Waals surface area contributed by atoms with Crippen LogP contribution in [0, 0.1) is 6.92 Å². The first-order valence-corrected chi connectivity index (χ1v) is 7.55. The summed E-state index contributed by atoms with van der Waals surface area (Å²) in [5.41, 5.74) is 2.22. The van der Waals surface area contributed by atoms with E-state index < -0.39 is 0 Å². The number of unbranched alkanes of at least 4 members (excludes halogenated alkanes) is 1. The maximum atomic E-state index is 4.56. The summed E-state index contributed by atoms with van der Waals surface area (Å²) in [6, 6.07) is 12.4. The first-order chi connectivity index (χ1) is 10.2. The van der Waals surface area contributed by atoms with Gasteiger partial charge >= 0.3 is 0 Å². The van der Waals surface area contributed by atoms with E-state index in [1.807, 2.05) is 26.1 Å². The number of hydrogen-bond donors (Lipinski definition) is 1. The molecule has 2 rings (SSSR count). The van der Waals surface area contributed by atoms with E-state index in [0.29, 0.717) is 0 Å². The molecular formula is C17H24N4. The number of aromatic nitrogens is 2. The van der Waals surface area contributed by atoms with Gasteiger partial charge in [0.25, 0.3) is 0 Å². The third kappa shape index (κ3) is 4.45. The van der Waals surface area contributed by atoms with Crippen LogP contribution in [0.5, 0.6) is 0 Å². The zero-order valence-electron chi connectivity index (χ0n) is 13.1. The Balaban J connectivity index is 2.20. The number of nitrogens with one attached hydrogen (secondary N) is 1. The maximum Gasteiger partial charge on any atom is 0.150 e. The number of para-hydroxylation sites is 1. The van der Waals surface area contributed by atoms with Crippen LogP contribution in [0.1, 0.15) is 31.3 Å². The van der Waals surface area contributed by atoms with Crippen LogP contribution < -0.4 is 10.2 Å². The van der Waals surface area contributed by atoms with Crippen molar-refractivity contribution in [3.63, 3.8) is 0 Å². The van der Waals surface area contributed by atoms with Crippen molar-refractivity contribution in [2.75, 3.05) is 23.8 Å². The van der Waals surface area contributed by atoms with Crippen LogP contribution in [-0.2, 0) is 6.54 Å². The molecule has 1 aromatic carbocycles. The Labute approximate surface area is 127 Å². The van der Waals surface area contributed by atoms with Crippen LogP contribution >= 0.6 is 0 Å². The second-order valence-electron chi connectivity index (χ2n) is 5.17. The van der Waals surface area contributed by atoms with Gasteiger partial charge in [-0.2, -0.15) is 0 Å². The minimum absolute atomic E-state index is 0.736. The molecule has 1 heterocycles. The Kier molecular flexibility index (Phi) is 5.55. The summed E-state index contributed by atoms with van der Waals surface area (Å²) in [5, 5.41) is 3.09. The molecule has 0 radical (unpaired) electrons. The lowest BCUT2D eigenvalue weighted by Crippen LogP contribution is -2.25. The number of hydrogen-bond acceptors (Lipinski definition) is 4. The highest BCUT2D eigenvalue weighted by molar-refractivity contribution is 5.46. The zero-order valence-corrected chi connectivity index (χ0v) is 13.1. The van der Waals surface area contributed by atoms with Crippen LogP contribution in [-0.4, -0.2) is 23.6 Å². The molecule has 0 saturated carbocycles. The van der Waals surface area contributed by atoms with Crippen LogP contribution in [0.4, 0.5) is 11.5 Å². The van der Waals surface area contributed by atoms with E-state index in [2.05, 4.69) is 51.4 Å². The number of nitrogens with zero attached hydrogens (tertiary/aromatic N) is 3.